The van der Waals surface area contributed by atoms with Gasteiger partial charge in [-0.1, -0.05) is 25.1 Å². The second kappa shape index (κ2) is 8.34. The lowest BCUT2D eigenvalue weighted by Gasteiger charge is -2.17. The summed E-state index contributed by atoms with van der Waals surface area (Å²) in [6, 6.07) is 6.23. The first kappa shape index (κ1) is 17.1. The predicted octanol–water partition coefficient (Wildman–Crippen LogP) is 1.98. The summed E-state index contributed by atoms with van der Waals surface area (Å²) in [6.45, 7) is 3.70. The van der Waals surface area contributed by atoms with Gasteiger partial charge in [-0.2, -0.15) is 0 Å². The highest BCUT2D eigenvalue weighted by Crippen LogP contribution is 2.12. The Hall–Kier alpha value is -0.980. The van der Waals surface area contributed by atoms with Gasteiger partial charge in [-0.3, -0.25) is 0 Å². The molecular weight excluding hydrogens is 279 g/mol. The summed E-state index contributed by atoms with van der Waals surface area (Å²) in [5.74, 6) is -0.298. The van der Waals surface area contributed by atoms with Crippen LogP contribution in [0.25, 0.3) is 0 Å². The van der Waals surface area contributed by atoms with Crippen molar-refractivity contribution in [2.75, 3.05) is 25.9 Å². The van der Waals surface area contributed by atoms with Crippen molar-refractivity contribution in [2.45, 2.75) is 26.3 Å². The largest absolute Gasteiger partial charge is 0.317 e. The van der Waals surface area contributed by atoms with Crippen molar-refractivity contribution < 1.29 is 12.8 Å². The highest BCUT2D eigenvalue weighted by Gasteiger charge is 2.18. The summed E-state index contributed by atoms with van der Waals surface area (Å²) in [5, 5.41) is 3.16. The lowest BCUT2D eigenvalue weighted by Crippen LogP contribution is -2.30. The summed E-state index contributed by atoms with van der Waals surface area (Å²) in [5.41, 5.74) is 0.391. The number of nitrogens with one attached hydrogen (secondary N) is 1. The van der Waals surface area contributed by atoms with Gasteiger partial charge in [-0.15, -0.1) is 0 Å². The lowest BCUT2D eigenvalue weighted by molar-refractivity contribution is 0.454. The van der Waals surface area contributed by atoms with E-state index in [4.69, 9.17) is 0 Å². The van der Waals surface area contributed by atoms with Crippen LogP contribution in [0.4, 0.5) is 4.39 Å². The van der Waals surface area contributed by atoms with Gasteiger partial charge >= 0.3 is 0 Å². The quantitative estimate of drug-likeness (QED) is 0.710. The zero-order valence-corrected chi connectivity index (χ0v) is 12.9. The molecule has 0 saturated heterocycles. The topological polar surface area (TPSA) is 49.4 Å². The van der Waals surface area contributed by atoms with E-state index in [1.165, 1.54) is 17.4 Å². The number of rotatable bonds is 9. The average Bonchev–Trinajstić information content (AvgIpc) is 2.41. The second-order valence-corrected chi connectivity index (χ2v) is 6.96. The first-order chi connectivity index (χ1) is 9.47. The molecule has 6 heteroatoms. The molecule has 1 aromatic rings. The maximum atomic E-state index is 13.5. The van der Waals surface area contributed by atoms with E-state index in [-0.39, 0.29) is 18.1 Å². The zero-order chi connectivity index (χ0) is 15.0. The number of hydrogen-bond acceptors (Lipinski definition) is 3. The summed E-state index contributed by atoms with van der Waals surface area (Å²) >= 11 is 0. The van der Waals surface area contributed by atoms with E-state index in [0.29, 0.717) is 18.5 Å². The number of sulfonamides is 1. The third kappa shape index (κ3) is 5.56. The minimum absolute atomic E-state index is 0.0669. The van der Waals surface area contributed by atoms with Gasteiger partial charge in [-0.25, -0.2) is 17.1 Å². The normalized spacial score (nSPS) is 12.0. The molecule has 0 bridgehead atoms. The van der Waals surface area contributed by atoms with E-state index in [9.17, 15) is 12.8 Å². The maximum absolute atomic E-state index is 13.5. The molecule has 20 heavy (non-hydrogen) atoms. The van der Waals surface area contributed by atoms with Crippen molar-refractivity contribution in [2.24, 2.45) is 0 Å². The van der Waals surface area contributed by atoms with Gasteiger partial charge in [0.2, 0.25) is 10.0 Å². The lowest BCUT2D eigenvalue weighted by atomic mass is 10.2. The minimum Gasteiger partial charge on any atom is -0.317 e. The van der Waals surface area contributed by atoms with E-state index in [2.05, 4.69) is 12.2 Å². The Morgan fingerprint density at radius 1 is 1.25 bits per heavy atom. The van der Waals surface area contributed by atoms with Crippen molar-refractivity contribution in [1.82, 2.24) is 9.62 Å². The molecule has 0 aliphatic rings. The second-order valence-electron chi connectivity index (χ2n) is 4.77. The molecule has 0 atom stereocenters. The van der Waals surface area contributed by atoms with Crippen LogP contribution in [-0.2, 0) is 16.6 Å². The Morgan fingerprint density at radius 2 is 1.95 bits per heavy atom. The maximum Gasteiger partial charge on any atom is 0.214 e. The summed E-state index contributed by atoms with van der Waals surface area (Å²) < 4.78 is 38.8. The Labute approximate surface area is 121 Å². The minimum atomic E-state index is -3.34. The van der Waals surface area contributed by atoms with E-state index in [0.717, 1.165) is 13.0 Å². The number of benzene rings is 1. The molecule has 0 aliphatic carbocycles. The van der Waals surface area contributed by atoms with Gasteiger partial charge in [0.1, 0.15) is 5.82 Å². The molecule has 0 fully saturated rings. The molecule has 0 amide bonds. The smallest absolute Gasteiger partial charge is 0.214 e. The van der Waals surface area contributed by atoms with Gasteiger partial charge in [0.15, 0.2) is 0 Å². The third-order valence-electron chi connectivity index (χ3n) is 3.01. The van der Waals surface area contributed by atoms with Crippen molar-refractivity contribution in [3.63, 3.8) is 0 Å². The van der Waals surface area contributed by atoms with Crippen LogP contribution >= 0.6 is 0 Å². The van der Waals surface area contributed by atoms with Crippen LogP contribution < -0.4 is 5.32 Å². The Kier molecular flexibility index (Phi) is 7.12. The van der Waals surface area contributed by atoms with Gasteiger partial charge in [0.25, 0.3) is 0 Å². The fourth-order valence-corrected chi connectivity index (χ4v) is 2.96. The molecule has 0 aliphatic heterocycles. The van der Waals surface area contributed by atoms with Crippen LogP contribution in [0.5, 0.6) is 0 Å². The molecule has 1 rings (SSSR count). The van der Waals surface area contributed by atoms with E-state index >= 15 is 0 Å². The molecule has 4 nitrogen and oxygen atoms in total. The van der Waals surface area contributed by atoms with Crippen molar-refractivity contribution >= 4 is 10.0 Å². The molecule has 0 aromatic heterocycles. The molecule has 1 N–H and O–H groups in total. The van der Waals surface area contributed by atoms with Crippen LogP contribution in [0.3, 0.4) is 0 Å². The fourth-order valence-electron chi connectivity index (χ4n) is 1.80. The average molecular weight is 302 g/mol. The summed E-state index contributed by atoms with van der Waals surface area (Å²) in [4.78, 5) is 0. The highest BCUT2D eigenvalue weighted by atomic mass is 32.2. The molecule has 0 radical (unpaired) electrons. The monoisotopic (exact) mass is 302 g/mol. The molecule has 114 valence electrons. The van der Waals surface area contributed by atoms with Gasteiger partial charge < -0.3 is 5.32 Å². The standard InChI is InChI=1S/C14H23FN2O2S/c1-3-9-16-10-6-11-20(18,19)17(2)12-13-7-4-5-8-14(13)15/h4-5,7-8,16H,3,6,9-12H2,1-2H3. The van der Waals surface area contributed by atoms with Gasteiger partial charge in [0.05, 0.1) is 5.75 Å². The zero-order valence-electron chi connectivity index (χ0n) is 12.1. The van der Waals surface area contributed by atoms with Crippen LogP contribution in [0, 0.1) is 5.82 Å². The Balaban J connectivity index is 2.48. The molecule has 1 aromatic carbocycles. The number of halogens is 1. The SMILES string of the molecule is CCCNCCCS(=O)(=O)N(C)Cc1ccccc1F. The fraction of sp³-hybridized carbons (Fsp3) is 0.571. The number of hydrogen-bond donors (Lipinski definition) is 1. The van der Waals surface area contributed by atoms with Crippen molar-refractivity contribution in [3.8, 4) is 0 Å². The van der Waals surface area contributed by atoms with E-state index < -0.39 is 10.0 Å². The molecule has 0 saturated carbocycles. The molecule has 0 unspecified atom stereocenters. The van der Waals surface area contributed by atoms with Crippen LogP contribution in [0.15, 0.2) is 24.3 Å². The Bertz CT molecular complexity index is 506. The third-order valence-corrected chi connectivity index (χ3v) is 4.89. The first-order valence-corrected chi connectivity index (χ1v) is 8.46. The van der Waals surface area contributed by atoms with Gasteiger partial charge in [0, 0.05) is 19.2 Å². The van der Waals surface area contributed by atoms with Crippen molar-refractivity contribution in [1.29, 1.82) is 0 Å². The van der Waals surface area contributed by atoms with Crippen LogP contribution in [-0.4, -0.2) is 38.6 Å². The number of nitrogens with zero attached hydrogens (tertiary/aromatic N) is 1. The highest BCUT2D eigenvalue weighted by molar-refractivity contribution is 7.89. The molecule has 0 heterocycles. The predicted molar refractivity (Wildman–Crippen MR) is 79.4 cm³/mol. The van der Waals surface area contributed by atoms with Crippen molar-refractivity contribution in [3.05, 3.63) is 35.6 Å². The van der Waals surface area contributed by atoms with E-state index in [1.54, 1.807) is 18.2 Å². The molecular formula is C14H23FN2O2S. The summed E-state index contributed by atoms with van der Waals surface area (Å²) in [7, 11) is -1.85. The van der Waals surface area contributed by atoms with E-state index in [1.807, 2.05) is 0 Å². The Morgan fingerprint density at radius 3 is 2.60 bits per heavy atom. The van der Waals surface area contributed by atoms with Crippen LogP contribution in [0.1, 0.15) is 25.3 Å². The first-order valence-electron chi connectivity index (χ1n) is 6.85. The van der Waals surface area contributed by atoms with Gasteiger partial charge in [-0.05, 0) is 32.0 Å². The van der Waals surface area contributed by atoms with Crippen LogP contribution in [0.2, 0.25) is 0 Å². The molecule has 0 spiro atoms. The summed E-state index contributed by atoms with van der Waals surface area (Å²) in [6.07, 6.45) is 1.59.